The summed E-state index contributed by atoms with van der Waals surface area (Å²) in [6.07, 6.45) is 1.79. The lowest BCUT2D eigenvalue weighted by Gasteiger charge is -2.03. The molecule has 0 spiro atoms. The molecular weight excluding hydrogens is 230 g/mol. The minimum Gasteiger partial charge on any atom is -0.481 e. The average molecular weight is 247 g/mol. The van der Waals surface area contributed by atoms with Crippen molar-refractivity contribution in [1.29, 1.82) is 0 Å². The van der Waals surface area contributed by atoms with Gasteiger partial charge in [-0.25, -0.2) is 9.97 Å². The maximum absolute atomic E-state index is 5.48. The smallest absolute Gasteiger partial charge is 0.212 e. The summed E-state index contributed by atoms with van der Waals surface area (Å²) >= 11 is 0. The topological polar surface area (TPSA) is 60.2 Å². The van der Waals surface area contributed by atoms with Gasteiger partial charge in [-0.1, -0.05) is 6.07 Å². The molecule has 0 aliphatic heterocycles. The number of pyridine rings is 1. The van der Waals surface area contributed by atoms with E-state index in [4.69, 9.17) is 9.15 Å². The molecule has 0 aromatic carbocycles. The first-order chi connectivity index (χ1) is 8.69. The summed E-state index contributed by atoms with van der Waals surface area (Å²) in [6, 6.07) is 3.82. The number of methoxy groups -OCH3 is 1. The molecule has 0 fully saturated rings. The Morgan fingerprint density at radius 3 is 2.67 bits per heavy atom. The standard InChI is InChI=1S/C13H17N3O2/c1-9-10(2)18-13(16-9)8-14-6-11-4-5-12(17-3)15-7-11/h4-5,7,14H,6,8H2,1-3H3. The summed E-state index contributed by atoms with van der Waals surface area (Å²) in [5.74, 6) is 2.21. The predicted molar refractivity (Wildman–Crippen MR) is 67.3 cm³/mol. The van der Waals surface area contributed by atoms with Gasteiger partial charge in [-0.05, 0) is 19.4 Å². The van der Waals surface area contributed by atoms with E-state index in [9.17, 15) is 0 Å². The van der Waals surface area contributed by atoms with E-state index in [2.05, 4.69) is 15.3 Å². The minimum absolute atomic E-state index is 0.612. The number of ether oxygens (including phenoxy) is 1. The number of hydrogen-bond acceptors (Lipinski definition) is 5. The van der Waals surface area contributed by atoms with Gasteiger partial charge in [-0.15, -0.1) is 0 Å². The van der Waals surface area contributed by atoms with Gasteiger partial charge in [0.05, 0.1) is 19.3 Å². The van der Waals surface area contributed by atoms with Crippen LogP contribution in [0, 0.1) is 13.8 Å². The normalized spacial score (nSPS) is 10.6. The first kappa shape index (κ1) is 12.6. The second-order valence-electron chi connectivity index (χ2n) is 4.06. The van der Waals surface area contributed by atoms with Crippen LogP contribution in [0.3, 0.4) is 0 Å². The van der Waals surface area contributed by atoms with Crippen molar-refractivity contribution in [2.75, 3.05) is 7.11 Å². The average Bonchev–Trinajstić information content (AvgIpc) is 2.69. The summed E-state index contributed by atoms with van der Waals surface area (Å²) in [5, 5.41) is 3.26. The summed E-state index contributed by atoms with van der Waals surface area (Å²) in [6.45, 7) is 5.19. The van der Waals surface area contributed by atoms with Gasteiger partial charge in [-0.3, -0.25) is 0 Å². The van der Waals surface area contributed by atoms with Crippen LogP contribution in [0.1, 0.15) is 22.9 Å². The van der Waals surface area contributed by atoms with E-state index in [-0.39, 0.29) is 0 Å². The van der Waals surface area contributed by atoms with Crippen molar-refractivity contribution in [2.24, 2.45) is 0 Å². The van der Waals surface area contributed by atoms with Crippen LogP contribution < -0.4 is 10.1 Å². The van der Waals surface area contributed by atoms with Crippen molar-refractivity contribution in [3.63, 3.8) is 0 Å². The number of nitrogens with one attached hydrogen (secondary N) is 1. The van der Waals surface area contributed by atoms with E-state index in [1.165, 1.54) is 0 Å². The van der Waals surface area contributed by atoms with Crippen LogP contribution >= 0.6 is 0 Å². The zero-order chi connectivity index (χ0) is 13.0. The monoisotopic (exact) mass is 247 g/mol. The lowest BCUT2D eigenvalue weighted by molar-refractivity contribution is 0.397. The number of oxazole rings is 1. The molecule has 5 nitrogen and oxygen atoms in total. The highest BCUT2D eigenvalue weighted by atomic mass is 16.5. The van der Waals surface area contributed by atoms with Crippen LogP contribution in [0.4, 0.5) is 0 Å². The van der Waals surface area contributed by atoms with Crippen LogP contribution in [-0.4, -0.2) is 17.1 Å². The first-order valence-corrected chi connectivity index (χ1v) is 5.81. The fraction of sp³-hybridized carbons (Fsp3) is 0.385. The van der Waals surface area contributed by atoms with Gasteiger partial charge >= 0.3 is 0 Å². The minimum atomic E-state index is 0.612. The fourth-order valence-electron chi connectivity index (χ4n) is 1.56. The molecule has 0 saturated carbocycles. The Bertz CT molecular complexity index is 486. The van der Waals surface area contributed by atoms with Crippen molar-refractivity contribution in [3.8, 4) is 5.88 Å². The maximum Gasteiger partial charge on any atom is 0.212 e. The Kier molecular flexibility index (Phi) is 3.94. The van der Waals surface area contributed by atoms with Crippen molar-refractivity contribution < 1.29 is 9.15 Å². The molecule has 1 N–H and O–H groups in total. The van der Waals surface area contributed by atoms with Gasteiger partial charge in [0.2, 0.25) is 11.8 Å². The Hall–Kier alpha value is -1.88. The first-order valence-electron chi connectivity index (χ1n) is 5.81. The van der Waals surface area contributed by atoms with Gasteiger partial charge in [0.25, 0.3) is 0 Å². The van der Waals surface area contributed by atoms with Gasteiger partial charge in [0.15, 0.2) is 0 Å². The van der Waals surface area contributed by atoms with E-state index < -0.39 is 0 Å². The summed E-state index contributed by atoms with van der Waals surface area (Å²) in [4.78, 5) is 8.44. The van der Waals surface area contributed by atoms with Crippen LogP contribution in [0.25, 0.3) is 0 Å². The molecule has 0 saturated heterocycles. The lowest BCUT2D eigenvalue weighted by atomic mass is 10.3. The third-order valence-electron chi connectivity index (χ3n) is 2.68. The van der Waals surface area contributed by atoms with E-state index in [0.717, 1.165) is 23.6 Å². The van der Waals surface area contributed by atoms with Crippen molar-refractivity contribution in [1.82, 2.24) is 15.3 Å². The van der Waals surface area contributed by atoms with Crippen molar-refractivity contribution in [2.45, 2.75) is 26.9 Å². The van der Waals surface area contributed by atoms with Crippen LogP contribution in [0.15, 0.2) is 22.7 Å². The molecule has 0 aliphatic rings. The Labute approximate surface area is 106 Å². The molecule has 2 aromatic heterocycles. The van der Waals surface area contributed by atoms with Crippen LogP contribution in [-0.2, 0) is 13.1 Å². The second-order valence-corrected chi connectivity index (χ2v) is 4.06. The molecular formula is C13H17N3O2. The molecule has 2 heterocycles. The van der Waals surface area contributed by atoms with Gasteiger partial charge in [0.1, 0.15) is 5.76 Å². The molecule has 0 atom stereocenters. The van der Waals surface area contributed by atoms with E-state index in [0.29, 0.717) is 18.3 Å². The van der Waals surface area contributed by atoms with Gasteiger partial charge < -0.3 is 14.5 Å². The largest absolute Gasteiger partial charge is 0.481 e. The number of hydrogen-bond donors (Lipinski definition) is 1. The predicted octanol–water partition coefficient (Wildman–Crippen LogP) is 1.98. The highest BCUT2D eigenvalue weighted by Gasteiger charge is 2.04. The quantitative estimate of drug-likeness (QED) is 0.875. The highest BCUT2D eigenvalue weighted by Crippen LogP contribution is 2.09. The number of aryl methyl sites for hydroxylation is 2. The molecule has 0 radical (unpaired) electrons. The molecule has 5 heteroatoms. The van der Waals surface area contributed by atoms with Crippen LogP contribution in [0.5, 0.6) is 5.88 Å². The molecule has 0 amide bonds. The Balaban J connectivity index is 1.84. The van der Waals surface area contributed by atoms with E-state index >= 15 is 0 Å². The Morgan fingerprint density at radius 1 is 1.28 bits per heavy atom. The summed E-state index contributed by atoms with van der Waals surface area (Å²) < 4.78 is 10.5. The van der Waals surface area contributed by atoms with E-state index in [1.807, 2.05) is 26.0 Å². The molecule has 0 bridgehead atoms. The number of aromatic nitrogens is 2. The molecule has 0 aliphatic carbocycles. The van der Waals surface area contributed by atoms with Crippen molar-refractivity contribution >= 4 is 0 Å². The second kappa shape index (κ2) is 5.64. The number of rotatable bonds is 5. The molecule has 0 unspecified atom stereocenters. The third-order valence-corrected chi connectivity index (χ3v) is 2.68. The summed E-state index contributed by atoms with van der Waals surface area (Å²) in [5.41, 5.74) is 2.04. The Morgan fingerprint density at radius 2 is 2.11 bits per heavy atom. The molecule has 96 valence electrons. The van der Waals surface area contributed by atoms with Crippen molar-refractivity contribution in [3.05, 3.63) is 41.2 Å². The van der Waals surface area contributed by atoms with Gasteiger partial charge in [-0.2, -0.15) is 0 Å². The van der Waals surface area contributed by atoms with E-state index in [1.54, 1.807) is 13.3 Å². The summed E-state index contributed by atoms with van der Waals surface area (Å²) in [7, 11) is 1.60. The zero-order valence-corrected chi connectivity index (χ0v) is 10.9. The maximum atomic E-state index is 5.48. The zero-order valence-electron chi connectivity index (χ0n) is 10.9. The lowest BCUT2D eigenvalue weighted by Crippen LogP contribution is -2.13. The SMILES string of the molecule is COc1ccc(CNCc2nc(C)c(C)o2)cn1. The molecule has 18 heavy (non-hydrogen) atoms. The highest BCUT2D eigenvalue weighted by molar-refractivity contribution is 5.17. The van der Waals surface area contributed by atoms with Crippen LogP contribution in [0.2, 0.25) is 0 Å². The third kappa shape index (κ3) is 3.07. The molecule has 2 aromatic rings. The van der Waals surface area contributed by atoms with Gasteiger partial charge in [0, 0.05) is 18.8 Å². The molecule has 2 rings (SSSR count). The fourth-order valence-corrected chi connectivity index (χ4v) is 1.56. The number of nitrogens with zero attached hydrogens (tertiary/aromatic N) is 2.